The van der Waals surface area contributed by atoms with Gasteiger partial charge in [0, 0.05) is 31.9 Å². The maximum Gasteiger partial charge on any atom is 0.250 e. The van der Waals surface area contributed by atoms with E-state index in [1.165, 1.54) is 27.2 Å². The fraction of sp³-hybridized carbons (Fsp3) is 0.643. The van der Waals surface area contributed by atoms with E-state index in [0.717, 1.165) is 6.42 Å². The summed E-state index contributed by atoms with van der Waals surface area (Å²) in [7, 11) is -3.51. The van der Waals surface area contributed by atoms with Crippen molar-refractivity contribution in [2.75, 3.05) is 13.1 Å². The fourth-order valence-corrected chi connectivity index (χ4v) is 3.43. The average molecular weight is 300 g/mol. The Hall–Kier alpha value is -1.14. The van der Waals surface area contributed by atoms with E-state index in [2.05, 4.69) is 13.8 Å². The number of pyridine rings is 1. The number of nitrogens with zero attached hydrogens (tertiary/aromatic N) is 2. The van der Waals surface area contributed by atoms with E-state index >= 15 is 0 Å². The van der Waals surface area contributed by atoms with Crippen molar-refractivity contribution in [1.29, 1.82) is 0 Å². The predicted molar refractivity (Wildman–Crippen MR) is 80.3 cm³/mol. The van der Waals surface area contributed by atoms with Crippen molar-refractivity contribution in [2.24, 2.45) is 5.92 Å². The lowest BCUT2D eigenvalue weighted by molar-refractivity contribution is 0.443. The molecule has 114 valence electrons. The normalized spacial score (nSPS) is 12.3. The monoisotopic (exact) mass is 300 g/mol. The molecule has 0 fully saturated rings. The molecule has 1 rings (SSSR count). The zero-order valence-electron chi connectivity index (χ0n) is 12.7. The standard InChI is InChI=1S/C14H24N2O3S/c1-5-16(6-2)20(18,19)13-7-8-14(17)15(11-13)10-9-12(3)4/h7-8,11-12H,5-6,9-10H2,1-4H3. The van der Waals surface area contributed by atoms with E-state index in [4.69, 9.17) is 0 Å². The molecule has 1 aromatic rings. The number of rotatable bonds is 7. The van der Waals surface area contributed by atoms with Gasteiger partial charge in [-0.05, 0) is 18.4 Å². The smallest absolute Gasteiger partial charge is 0.250 e. The molecule has 6 heteroatoms. The van der Waals surface area contributed by atoms with Gasteiger partial charge in [-0.3, -0.25) is 4.79 Å². The van der Waals surface area contributed by atoms with E-state index in [1.54, 1.807) is 13.8 Å². The molecule has 0 spiro atoms. The molecule has 0 aliphatic heterocycles. The highest BCUT2D eigenvalue weighted by molar-refractivity contribution is 7.89. The van der Waals surface area contributed by atoms with Crippen LogP contribution < -0.4 is 5.56 Å². The molecule has 0 aliphatic carbocycles. The molecule has 0 radical (unpaired) electrons. The molecule has 0 aliphatic rings. The molecule has 1 aromatic heterocycles. The lowest BCUT2D eigenvalue weighted by Crippen LogP contribution is -2.32. The summed E-state index contributed by atoms with van der Waals surface area (Å²) >= 11 is 0. The van der Waals surface area contributed by atoms with Crippen LogP contribution in [0.25, 0.3) is 0 Å². The Labute approximate surface area is 121 Å². The number of aryl methyl sites for hydroxylation is 1. The van der Waals surface area contributed by atoms with Crippen LogP contribution >= 0.6 is 0 Å². The molecule has 20 heavy (non-hydrogen) atoms. The van der Waals surface area contributed by atoms with Crippen LogP contribution in [0.1, 0.15) is 34.1 Å². The van der Waals surface area contributed by atoms with E-state index in [-0.39, 0.29) is 10.5 Å². The van der Waals surface area contributed by atoms with Crippen molar-refractivity contribution in [3.05, 3.63) is 28.7 Å². The van der Waals surface area contributed by atoms with Gasteiger partial charge in [-0.25, -0.2) is 8.42 Å². The molecular weight excluding hydrogens is 276 g/mol. The van der Waals surface area contributed by atoms with Gasteiger partial charge in [-0.15, -0.1) is 0 Å². The van der Waals surface area contributed by atoms with Crippen LogP contribution in [0.5, 0.6) is 0 Å². The highest BCUT2D eigenvalue weighted by Gasteiger charge is 2.22. The second kappa shape index (κ2) is 7.04. The summed E-state index contributed by atoms with van der Waals surface area (Å²) in [6, 6.07) is 2.72. The van der Waals surface area contributed by atoms with Gasteiger partial charge in [0.1, 0.15) is 0 Å². The predicted octanol–water partition coefficient (Wildman–Crippen LogP) is 1.92. The maximum atomic E-state index is 12.4. The van der Waals surface area contributed by atoms with E-state index in [1.807, 2.05) is 0 Å². The van der Waals surface area contributed by atoms with Crippen molar-refractivity contribution >= 4 is 10.0 Å². The van der Waals surface area contributed by atoms with Gasteiger partial charge in [0.15, 0.2) is 0 Å². The molecule has 0 unspecified atom stereocenters. The first-order chi connectivity index (χ1) is 9.32. The van der Waals surface area contributed by atoms with E-state index < -0.39 is 10.0 Å². The largest absolute Gasteiger partial charge is 0.314 e. The molecule has 0 atom stereocenters. The summed E-state index contributed by atoms with van der Waals surface area (Å²) in [6.07, 6.45) is 2.30. The van der Waals surface area contributed by atoms with Crippen LogP contribution in [0.15, 0.2) is 28.0 Å². The topological polar surface area (TPSA) is 59.4 Å². The first-order valence-electron chi connectivity index (χ1n) is 7.03. The third-order valence-corrected chi connectivity index (χ3v) is 5.28. The first kappa shape index (κ1) is 16.9. The second-order valence-electron chi connectivity index (χ2n) is 5.17. The lowest BCUT2D eigenvalue weighted by Gasteiger charge is -2.19. The SMILES string of the molecule is CCN(CC)S(=O)(=O)c1ccc(=O)n(CCC(C)C)c1. The third kappa shape index (κ3) is 3.93. The molecule has 0 bridgehead atoms. The Morgan fingerprint density at radius 1 is 1.20 bits per heavy atom. The molecule has 0 amide bonds. The van der Waals surface area contributed by atoms with Crippen molar-refractivity contribution in [2.45, 2.75) is 45.6 Å². The molecule has 0 saturated heterocycles. The van der Waals surface area contributed by atoms with Gasteiger partial charge in [-0.2, -0.15) is 4.31 Å². The van der Waals surface area contributed by atoms with E-state index in [9.17, 15) is 13.2 Å². The molecular formula is C14H24N2O3S. The maximum absolute atomic E-state index is 12.4. The van der Waals surface area contributed by atoms with E-state index in [0.29, 0.717) is 25.6 Å². The fourth-order valence-electron chi connectivity index (χ4n) is 1.95. The van der Waals surface area contributed by atoms with Gasteiger partial charge in [0.25, 0.3) is 5.56 Å². The Morgan fingerprint density at radius 2 is 1.80 bits per heavy atom. The summed E-state index contributed by atoms with van der Waals surface area (Å²) in [4.78, 5) is 12.0. The second-order valence-corrected chi connectivity index (χ2v) is 7.11. The third-order valence-electron chi connectivity index (χ3n) is 3.25. The highest BCUT2D eigenvalue weighted by atomic mass is 32.2. The van der Waals surface area contributed by atoms with Crippen molar-refractivity contribution in [3.8, 4) is 0 Å². The minimum atomic E-state index is -3.51. The number of aromatic nitrogens is 1. The zero-order valence-corrected chi connectivity index (χ0v) is 13.5. The van der Waals surface area contributed by atoms with Crippen LogP contribution in [0.3, 0.4) is 0 Å². The number of hydrogen-bond acceptors (Lipinski definition) is 3. The Balaban J connectivity index is 3.15. The number of hydrogen-bond donors (Lipinski definition) is 0. The Morgan fingerprint density at radius 3 is 2.30 bits per heavy atom. The Kier molecular flexibility index (Phi) is 5.95. The summed E-state index contributed by atoms with van der Waals surface area (Å²) in [5.41, 5.74) is -0.163. The molecule has 0 N–H and O–H groups in total. The summed E-state index contributed by atoms with van der Waals surface area (Å²) in [5, 5.41) is 0. The minimum absolute atomic E-state index is 0.163. The van der Waals surface area contributed by atoms with Crippen LogP contribution in [0, 0.1) is 5.92 Å². The van der Waals surface area contributed by atoms with Crippen LogP contribution in [-0.2, 0) is 16.6 Å². The van der Waals surface area contributed by atoms with Crippen molar-refractivity contribution < 1.29 is 8.42 Å². The molecule has 0 saturated carbocycles. The molecule has 0 aromatic carbocycles. The lowest BCUT2D eigenvalue weighted by atomic mass is 10.1. The zero-order chi connectivity index (χ0) is 15.3. The highest BCUT2D eigenvalue weighted by Crippen LogP contribution is 2.14. The van der Waals surface area contributed by atoms with Crippen LogP contribution in [0.2, 0.25) is 0 Å². The quantitative estimate of drug-likeness (QED) is 0.773. The van der Waals surface area contributed by atoms with Gasteiger partial charge in [0.2, 0.25) is 10.0 Å². The van der Waals surface area contributed by atoms with Gasteiger partial charge in [-0.1, -0.05) is 27.7 Å². The number of sulfonamides is 1. The average Bonchev–Trinajstić information content (AvgIpc) is 2.38. The molecule has 1 heterocycles. The van der Waals surface area contributed by atoms with Gasteiger partial charge < -0.3 is 4.57 Å². The minimum Gasteiger partial charge on any atom is -0.314 e. The molecule has 5 nitrogen and oxygen atoms in total. The van der Waals surface area contributed by atoms with Gasteiger partial charge in [0.05, 0.1) is 4.90 Å². The Bertz CT molecular complexity index is 587. The van der Waals surface area contributed by atoms with Crippen molar-refractivity contribution in [1.82, 2.24) is 8.87 Å². The summed E-state index contributed by atoms with van der Waals surface area (Å²) in [5.74, 6) is 0.463. The van der Waals surface area contributed by atoms with Crippen molar-refractivity contribution in [3.63, 3.8) is 0 Å². The summed E-state index contributed by atoms with van der Waals surface area (Å²) in [6.45, 7) is 9.13. The van der Waals surface area contributed by atoms with Crippen LogP contribution in [0.4, 0.5) is 0 Å². The van der Waals surface area contributed by atoms with Crippen LogP contribution in [-0.4, -0.2) is 30.4 Å². The van der Waals surface area contributed by atoms with Gasteiger partial charge >= 0.3 is 0 Å². The first-order valence-corrected chi connectivity index (χ1v) is 8.47. The summed E-state index contributed by atoms with van der Waals surface area (Å²) < 4.78 is 27.7.